The Hall–Kier alpha value is -4.06. The molecule has 3 N–H and O–H groups in total. The number of nitrogens with one attached hydrogen (secondary N) is 3. The second-order valence-electron chi connectivity index (χ2n) is 9.41. The van der Waals surface area contributed by atoms with Crippen molar-refractivity contribution in [2.24, 2.45) is 5.10 Å². The summed E-state index contributed by atoms with van der Waals surface area (Å²) in [6, 6.07) is 13.7. The molecule has 2 heterocycles. The van der Waals surface area contributed by atoms with Crippen molar-refractivity contribution in [3.8, 4) is 11.5 Å². The lowest BCUT2D eigenvalue weighted by Crippen LogP contribution is -2.38. The molecular formula is C26H30F3N7O2. The molecule has 0 aliphatic carbocycles. The number of benzene rings is 2. The molecule has 3 aromatic rings. The Morgan fingerprint density at radius 2 is 1.55 bits per heavy atom. The van der Waals surface area contributed by atoms with Crippen LogP contribution in [0.25, 0.3) is 0 Å². The van der Waals surface area contributed by atoms with Gasteiger partial charge in [0.25, 0.3) is 0 Å². The molecule has 12 heteroatoms. The molecule has 1 aliphatic heterocycles. The molecule has 202 valence electrons. The molecule has 2 aromatic carbocycles. The van der Waals surface area contributed by atoms with E-state index in [-0.39, 0.29) is 17.8 Å². The Morgan fingerprint density at radius 3 is 2.13 bits per heavy atom. The van der Waals surface area contributed by atoms with E-state index in [4.69, 9.17) is 4.74 Å². The summed E-state index contributed by atoms with van der Waals surface area (Å²) in [6.45, 7) is 7.50. The highest BCUT2D eigenvalue weighted by Gasteiger charge is 2.31. The zero-order valence-electron chi connectivity index (χ0n) is 21.3. The van der Waals surface area contributed by atoms with Crippen LogP contribution in [0.2, 0.25) is 0 Å². The minimum atomic E-state index is -4.73. The normalized spacial score (nSPS) is 13.4. The van der Waals surface area contributed by atoms with Gasteiger partial charge in [0.1, 0.15) is 18.1 Å². The fraction of sp³-hybridized carbons (Fsp3) is 0.346. The van der Waals surface area contributed by atoms with Gasteiger partial charge in [-0.05, 0) is 47.4 Å². The Balaban J connectivity index is 1.50. The Morgan fingerprint density at radius 1 is 0.895 bits per heavy atom. The number of amidine groups is 1. The van der Waals surface area contributed by atoms with Crippen molar-refractivity contribution in [3.63, 3.8) is 0 Å². The van der Waals surface area contributed by atoms with Crippen LogP contribution in [0.3, 0.4) is 0 Å². The third-order valence-corrected chi connectivity index (χ3v) is 5.96. The van der Waals surface area contributed by atoms with Gasteiger partial charge >= 0.3 is 6.36 Å². The third-order valence-electron chi connectivity index (χ3n) is 5.96. The summed E-state index contributed by atoms with van der Waals surface area (Å²) in [5.41, 5.74) is 10.6. The molecule has 0 saturated heterocycles. The highest BCUT2D eigenvalue weighted by Crippen LogP contribution is 2.29. The first-order valence-corrected chi connectivity index (χ1v) is 12.1. The maximum absolute atomic E-state index is 12.6. The first-order chi connectivity index (χ1) is 18.1. The highest BCUT2D eigenvalue weighted by atomic mass is 19.4. The van der Waals surface area contributed by atoms with Crippen LogP contribution in [0.15, 0.2) is 66.0 Å². The molecule has 0 saturated carbocycles. The third kappa shape index (κ3) is 7.48. The summed E-state index contributed by atoms with van der Waals surface area (Å²) in [5, 5.41) is 3.98. The van der Waals surface area contributed by atoms with Crippen molar-refractivity contribution in [2.45, 2.75) is 45.5 Å². The second kappa shape index (κ2) is 11.5. The van der Waals surface area contributed by atoms with Crippen molar-refractivity contribution >= 4 is 11.8 Å². The first kappa shape index (κ1) is 27.0. The van der Waals surface area contributed by atoms with Gasteiger partial charge in [-0.25, -0.2) is 15.5 Å². The van der Waals surface area contributed by atoms with Gasteiger partial charge in [-0.15, -0.1) is 23.8 Å². The van der Waals surface area contributed by atoms with Crippen molar-refractivity contribution < 1.29 is 22.6 Å². The standard InChI is InChI=1S/C26H30F3N7O2/c1-4-18-13-30-24(31-14-18)36(15-19-5-9-22(10-6-19)38-26(27,28)29)17-25(2,3)20-7-11-21(12-8-20)37-16-23-32-34-35-33-23/h5-14,34-35H,4,15-17H2,1-3H3,(H,32,33). The zero-order chi connectivity index (χ0) is 27.2. The number of hydrazone groups is 1. The van der Waals surface area contributed by atoms with Crippen molar-refractivity contribution in [1.82, 2.24) is 26.5 Å². The average molecular weight is 530 g/mol. The zero-order valence-corrected chi connectivity index (χ0v) is 21.3. The number of aromatic nitrogens is 2. The Labute approximate surface area is 219 Å². The van der Waals surface area contributed by atoms with Crippen LogP contribution in [0.4, 0.5) is 19.1 Å². The molecule has 0 spiro atoms. The summed E-state index contributed by atoms with van der Waals surface area (Å²) < 4.78 is 47.4. The molecule has 1 aliphatic rings. The lowest BCUT2D eigenvalue weighted by atomic mass is 9.84. The topological polar surface area (TPSA) is 95.9 Å². The van der Waals surface area contributed by atoms with E-state index in [0.29, 0.717) is 30.6 Å². The van der Waals surface area contributed by atoms with Crippen LogP contribution in [0, 0.1) is 0 Å². The molecule has 4 rings (SSSR count). The molecule has 0 amide bonds. The molecule has 0 fully saturated rings. The highest BCUT2D eigenvalue weighted by molar-refractivity contribution is 5.83. The quantitative estimate of drug-likeness (QED) is 0.340. The lowest BCUT2D eigenvalue weighted by Gasteiger charge is -2.33. The number of halogens is 3. The average Bonchev–Trinajstić information content (AvgIpc) is 3.41. The number of hydrazine groups is 2. The molecular weight excluding hydrogens is 499 g/mol. The van der Waals surface area contributed by atoms with Crippen LogP contribution in [0.1, 0.15) is 37.5 Å². The van der Waals surface area contributed by atoms with Crippen LogP contribution < -0.4 is 30.9 Å². The van der Waals surface area contributed by atoms with Gasteiger partial charge in [-0.2, -0.15) is 0 Å². The van der Waals surface area contributed by atoms with E-state index >= 15 is 0 Å². The van der Waals surface area contributed by atoms with E-state index in [1.807, 2.05) is 36.1 Å². The molecule has 0 unspecified atom stereocenters. The van der Waals surface area contributed by atoms with Crippen molar-refractivity contribution in [1.29, 1.82) is 0 Å². The maximum Gasteiger partial charge on any atom is 0.573 e. The molecule has 0 bridgehead atoms. The molecule has 0 atom stereocenters. The predicted octanol–water partition coefficient (Wildman–Crippen LogP) is 4.23. The Bertz CT molecular complexity index is 1220. The van der Waals surface area contributed by atoms with Crippen LogP contribution >= 0.6 is 0 Å². The minimum Gasteiger partial charge on any atom is -0.486 e. The SMILES string of the molecule is CCc1cnc(N(Cc2ccc(OC(F)(F)F)cc2)CC(C)(C)c2ccc(OCC3=NNNN3)cc2)nc1. The molecule has 9 nitrogen and oxygen atoms in total. The minimum absolute atomic E-state index is 0.262. The van der Waals surface area contributed by atoms with E-state index in [9.17, 15) is 13.2 Å². The second-order valence-corrected chi connectivity index (χ2v) is 9.41. The van der Waals surface area contributed by atoms with Gasteiger partial charge < -0.3 is 14.4 Å². The van der Waals surface area contributed by atoms with Crippen LogP contribution in [-0.4, -0.2) is 35.3 Å². The molecule has 1 aromatic heterocycles. The van der Waals surface area contributed by atoms with E-state index in [0.717, 1.165) is 23.1 Å². The fourth-order valence-electron chi connectivity index (χ4n) is 3.92. The number of ether oxygens (including phenoxy) is 2. The molecule has 0 radical (unpaired) electrons. The van der Waals surface area contributed by atoms with E-state index in [1.165, 1.54) is 12.1 Å². The summed E-state index contributed by atoms with van der Waals surface area (Å²) in [7, 11) is 0. The number of nitrogens with zero attached hydrogens (tertiary/aromatic N) is 4. The van der Waals surface area contributed by atoms with E-state index < -0.39 is 6.36 Å². The number of alkyl halides is 3. The van der Waals surface area contributed by atoms with Crippen LogP contribution in [0.5, 0.6) is 11.5 Å². The number of hydrogen-bond donors (Lipinski definition) is 3. The monoisotopic (exact) mass is 529 g/mol. The number of aryl methyl sites for hydroxylation is 1. The number of hydrogen-bond acceptors (Lipinski definition) is 9. The van der Waals surface area contributed by atoms with Gasteiger partial charge in [-0.3, -0.25) is 5.43 Å². The number of anilines is 1. The fourth-order valence-corrected chi connectivity index (χ4v) is 3.92. The number of rotatable bonds is 11. The summed E-state index contributed by atoms with van der Waals surface area (Å²) in [5.74, 6) is 1.62. The van der Waals surface area contributed by atoms with Gasteiger partial charge in [0, 0.05) is 30.9 Å². The largest absolute Gasteiger partial charge is 0.573 e. The summed E-state index contributed by atoms with van der Waals surface area (Å²) in [6.07, 6.45) is -0.327. The van der Waals surface area contributed by atoms with Gasteiger partial charge in [0.2, 0.25) is 5.95 Å². The van der Waals surface area contributed by atoms with Gasteiger partial charge in [-0.1, -0.05) is 45.0 Å². The Kier molecular flexibility index (Phi) is 8.20. The summed E-state index contributed by atoms with van der Waals surface area (Å²) >= 11 is 0. The smallest absolute Gasteiger partial charge is 0.486 e. The van der Waals surface area contributed by atoms with Gasteiger partial charge in [0.05, 0.1) is 0 Å². The van der Waals surface area contributed by atoms with Crippen molar-refractivity contribution in [3.05, 3.63) is 77.6 Å². The lowest BCUT2D eigenvalue weighted by molar-refractivity contribution is -0.274. The van der Waals surface area contributed by atoms with E-state index in [2.05, 4.69) is 50.1 Å². The van der Waals surface area contributed by atoms with Crippen molar-refractivity contribution in [2.75, 3.05) is 18.1 Å². The maximum atomic E-state index is 12.6. The predicted molar refractivity (Wildman–Crippen MR) is 137 cm³/mol. The summed E-state index contributed by atoms with van der Waals surface area (Å²) in [4.78, 5) is 11.1. The first-order valence-electron chi connectivity index (χ1n) is 12.1. The van der Waals surface area contributed by atoms with Gasteiger partial charge in [0.15, 0.2) is 5.84 Å². The van der Waals surface area contributed by atoms with E-state index in [1.54, 1.807) is 24.5 Å². The van der Waals surface area contributed by atoms with Crippen LogP contribution in [-0.2, 0) is 18.4 Å². The molecule has 38 heavy (non-hydrogen) atoms.